The summed E-state index contributed by atoms with van der Waals surface area (Å²) in [6.45, 7) is 0. The lowest BCUT2D eigenvalue weighted by atomic mass is 9.98. The monoisotopic (exact) mass is 237 g/mol. The van der Waals surface area contributed by atoms with Gasteiger partial charge < -0.3 is 4.74 Å². The minimum atomic E-state index is -0.372. The molecule has 0 aromatic heterocycles. The van der Waals surface area contributed by atoms with Crippen LogP contribution in [0.4, 0.5) is 0 Å². The number of nitrogens with zero attached hydrogens (tertiary/aromatic N) is 1. The van der Waals surface area contributed by atoms with Crippen LogP contribution in [0.1, 0.15) is 19.3 Å². The van der Waals surface area contributed by atoms with Crippen LogP contribution in [0.15, 0.2) is 36.1 Å². The third kappa shape index (κ3) is 4.22. The van der Waals surface area contributed by atoms with E-state index >= 15 is 0 Å². The maximum absolute atomic E-state index is 10.9. The van der Waals surface area contributed by atoms with E-state index in [1.165, 1.54) is 13.2 Å². The van der Waals surface area contributed by atoms with Gasteiger partial charge in [0.1, 0.15) is 0 Å². The zero-order valence-corrected chi connectivity index (χ0v) is 9.67. The fourth-order valence-electron chi connectivity index (χ4n) is 1.65. The van der Waals surface area contributed by atoms with Gasteiger partial charge in [0, 0.05) is 12.5 Å². The Morgan fingerprint density at radius 3 is 2.88 bits per heavy atom. The van der Waals surface area contributed by atoms with Gasteiger partial charge in [-0.05, 0) is 12.8 Å². The quantitative estimate of drug-likeness (QED) is 0.417. The van der Waals surface area contributed by atoms with E-state index in [1.807, 2.05) is 0 Å². The molecule has 0 aliphatic heterocycles. The molecule has 1 aliphatic rings. The van der Waals surface area contributed by atoms with Crippen LogP contribution in [-0.4, -0.2) is 18.0 Å². The average Bonchev–Trinajstić information content (AvgIpc) is 2.54. The molecular formula is C12H15NO4. The molecule has 1 unspecified atom stereocenters. The van der Waals surface area contributed by atoms with E-state index in [-0.39, 0.29) is 22.5 Å². The van der Waals surface area contributed by atoms with Gasteiger partial charge in [-0.1, -0.05) is 24.3 Å². The van der Waals surface area contributed by atoms with Crippen molar-refractivity contribution in [3.05, 3.63) is 46.2 Å². The van der Waals surface area contributed by atoms with Gasteiger partial charge in [-0.2, -0.15) is 0 Å². The third-order valence-electron chi connectivity index (χ3n) is 2.55. The third-order valence-corrected chi connectivity index (χ3v) is 2.55. The highest BCUT2D eigenvalue weighted by molar-refractivity contribution is 5.69. The molecule has 0 amide bonds. The highest BCUT2D eigenvalue weighted by atomic mass is 16.6. The predicted molar refractivity (Wildman–Crippen MR) is 62.7 cm³/mol. The number of esters is 1. The minimum absolute atomic E-state index is 0.167. The second-order valence-corrected chi connectivity index (χ2v) is 3.69. The number of ether oxygens (including phenoxy) is 1. The van der Waals surface area contributed by atoms with Crippen LogP contribution in [0.25, 0.3) is 0 Å². The van der Waals surface area contributed by atoms with E-state index in [9.17, 15) is 14.9 Å². The van der Waals surface area contributed by atoms with Gasteiger partial charge in [0.25, 0.3) is 5.70 Å². The summed E-state index contributed by atoms with van der Waals surface area (Å²) in [5, 5.41) is 10.8. The van der Waals surface area contributed by atoms with Crippen LogP contribution in [0.2, 0.25) is 0 Å². The molecule has 0 radical (unpaired) electrons. The van der Waals surface area contributed by atoms with E-state index in [0.717, 1.165) is 0 Å². The molecule has 1 aliphatic carbocycles. The van der Waals surface area contributed by atoms with Crippen LogP contribution in [-0.2, 0) is 9.53 Å². The Hall–Kier alpha value is -1.91. The maximum atomic E-state index is 10.9. The van der Waals surface area contributed by atoms with Crippen molar-refractivity contribution in [2.24, 2.45) is 5.92 Å². The number of carbonyl (C=O) groups is 1. The Bertz CT molecular complexity index is 382. The molecule has 92 valence electrons. The summed E-state index contributed by atoms with van der Waals surface area (Å²) in [5.74, 6) is -0.531. The molecule has 0 spiro atoms. The van der Waals surface area contributed by atoms with Gasteiger partial charge in [0.15, 0.2) is 0 Å². The first-order chi connectivity index (χ1) is 8.15. The molecular weight excluding hydrogens is 222 g/mol. The molecule has 0 saturated heterocycles. The molecule has 1 atom stereocenters. The Balaban J connectivity index is 2.56. The highest BCUT2D eigenvalue weighted by Gasteiger charge is 2.22. The Labute approximate surface area is 99.6 Å². The van der Waals surface area contributed by atoms with Crippen molar-refractivity contribution < 1.29 is 14.5 Å². The van der Waals surface area contributed by atoms with Gasteiger partial charge >= 0.3 is 5.97 Å². The van der Waals surface area contributed by atoms with E-state index in [4.69, 9.17) is 0 Å². The highest BCUT2D eigenvalue weighted by Crippen LogP contribution is 2.22. The van der Waals surface area contributed by atoms with Crippen molar-refractivity contribution in [3.8, 4) is 0 Å². The number of hydrogen-bond acceptors (Lipinski definition) is 4. The molecule has 0 fully saturated rings. The van der Waals surface area contributed by atoms with Gasteiger partial charge in [0.2, 0.25) is 0 Å². The van der Waals surface area contributed by atoms with Crippen LogP contribution in [0.5, 0.6) is 0 Å². The zero-order valence-electron chi connectivity index (χ0n) is 9.67. The van der Waals surface area contributed by atoms with E-state index in [0.29, 0.717) is 19.3 Å². The Morgan fingerprint density at radius 2 is 2.24 bits per heavy atom. The number of hydrogen-bond donors (Lipinski definition) is 0. The number of allylic oxidation sites excluding steroid dienone is 5. The largest absolute Gasteiger partial charge is 0.469 e. The first kappa shape index (κ1) is 13.2. The van der Waals surface area contributed by atoms with Gasteiger partial charge in [-0.3, -0.25) is 14.9 Å². The van der Waals surface area contributed by atoms with Crippen molar-refractivity contribution in [1.29, 1.82) is 0 Å². The smallest absolute Gasteiger partial charge is 0.305 e. The standard InChI is InChI=1S/C12H15NO4/c1-17-12(14)9-5-7-10-6-3-2-4-8-11(10)13(15)16/h2-4,6,8,10H,5,7,9H2,1H3. The van der Waals surface area contributed by atoms with Crippen LogP contribution in [0, 0.1) is 16.0 Å². The molecule has 1 rings (SSSR count). The van der Waals surface area contributed by atoms with Crippen molar-refractivity contribution in [2.45, 2.75) is 19.3 Å². The normalized spacial score (nSPS) is 18.4. The maximum Gasteiger partial charge on any atom is 0.305 e. The van der Waals surface area contributed by atoms with Gasteiger partial charge in [-0.25, -0.2) is 0 Å². The number of nitro groups is 1. The Kier molecular flexibility index (Phi) is 5.13. The van der Waals surface area contributed by atoms with E-state index < -0.39 is 0 Å². The van der Waals surface area contributed by atoms with Crippen LogP contribution in [0.3, 0.4) is 0 Å². The second kappa shape index (κ2) is 6.62. The molecule has 5 nitrogen and oxygen atoms in total. The Morgan fingerprint density at radius 1 is 1.47 bits per heavy atom. The summed E-state index contributed by atoms with van der Waals surface area (Å²) >= 11 is 0. The molecule has 17 heavy (non-hydrogen) atoms. The lowest BCUT2D eigenvalue weighted by Gasteiger charge is -2.08. The summed E-state index contributed by atoms with van der Waals surface area (Å²) in [5.41, 5.74) is 0.167. The topological polar surface area (TPSA) is 69.4 Å². The summed E-state index contributed by atoms with van der Waals surface area (Å²) in [6, 6.07) is 0. The van der Waals surface area contributed by atoms with Crippen LogP contribution < -0.4 is 0 Å². The van der Waals surface area contributed by atoms with Crippen molar-refractivity contribution in [2.75, 3.05) is 7.11 Å². The lowest BCUT2D eigenvalue weighted by molar-refractivity contribution is -0.432. The van der Waals surface area contributed by atoms with Crippen LogP contribution >= 0.6 is 0 Å². The zero-order chi connectivity index (χ0) is 12.7. The van der Waals surface area contributed by atoms with Gasteiger partial charge in [0.05, 0.1) is 18.0 Å². The molecule has 0 bridgehead atoms. The van der Waals surface area contributed by atoms with Gasteiger partial charge in [-0.15, -0.1) is 0 Å². The van der Waals surface area contributed by atoms with E-state index in [2.05, 4.69) is 4.74 Å². The first-order valence-corrected chi connectivity index (χ1v) is 5.41. The lowest BCUT2D eigenvalue weighted by Crippen LogP contribution is -2.10. The SMILES string of the molecule is COC(=O)CCCC1C=CC=CC=C1[N+](=O)[O-]. The summed E-state index contributed by atoms with van der Waals surface area (Å²) in [7, 11) is 1.33. The molecule has 0 saturated carbocycles. The van der Waals surface area contributed by atoms with Crippen molar-refractivity contribution >= 4 is 5.97 Å². The molecule has 0 aromatic carbocycles. The molecule has 0 aromatic rings. The number of carbonyl (C=O) groups excluding carboxylic acids is 1. The molecule has 0 heterocycles. The second-order valence-electron chi connectivity index (χ2n) is 3.69. The predicted octanol–water partition coefficient (Wildman–Crippen LogP) is 2.23. The fourth-order valence-corrected chi connectivity index (χ4v) is 1.65. The van der Waals surface area contributed by atoms with Crippen molar-refractivity contribution in [1.82, 2.24) is 0 Å². The first-order valence-electron chi connectivity index (χ1n) is 5.41. The average molecular weight is 237 g/mol. The minimum Gasteiger partial charge on any atom is -0.469 e. The fraction of sp³-hybridized carbons (Fsp3) is 0.417. The van der Waals surface area contributed by atoms with E-state index in [1.54, 1.807) is 24.3 Å². The molecule has 0 N–H and O–H groups in total. The summed E-state index contributed by atoms with van der Waals surface area (Å²) in [6.07, 6.45) is 9.92. The molecule has 5 heteroatoms. The summed E-state index contributed by atoms with van der Waals surface area (Å²) < 4.78 is 4.52. The summed E-state index contributed by atoms with van der Waals surface area (Å²) in [4.78, 5) is 21.4. The number of rotatable bonds is 5. The number of methoxy groups -OCH3 is 1. The van der Waals surface area contributed by atoms with Crippen molar-refractivity contribution in [3.63, 3.8) is 0 Å².